The molecule has 0 amide bonds. The van der Waals surface area contributed by atoms with Gasteiger partial charge in [0, 0.05) is 41.3 Å². The molecule has 41 heavy (non-hydrogen) atoms. The van der Waals surface area contributed by atoms with Gasteiger partial charge in [-0.3, -0.25) is 4.72 Å². The molecule has 1 atom stereocenters. The molecule has 0 aliphatic carbocycles. The molecule has 9 nitrogen and oxygen atoms in total. The number of hydrogen-bond donors (Lipinski definition) is 3. The van der Waals surface area contributed by atoms with Crippen molar-refractivity contribution in [3.05, 3.63) is 91.3 Å². The number of benzene rings is 3. The highest BCUT2D eigenvalue weighted by Crippen LogP contribution is 2.41. The Morgan fingerprint density at radius 3 is 2.56 bits per heavy atom. The van der Waals surface area contributed by atoms with Gasteiger partial charge >= 0.3 is 0 Å². The van der Waals surface area contributed by atoms with E-state index in [2.05, 4.69) is 25.3 Å². The Bertz CT molecular complexity index is 1790. The van der Waals surface area contributed by atoms with Gasteiger partial charge in [0.25, 0.3) is 0 Å². The minimum absolute atomic E-state index is 0.273. The third-order valence-electron chi connectivity index (χ3n) is 6.93. The number of hydrogen-bond acceptors (Lipinski definition) is 8. The Morgan fingerprint density at radius 1 is 0.878 bits per heavy atom. The molecule has 1 aliphatic rings. The predicted octanol–water partition coefficient (Wildman–Crippen LogP) is 5.69. The summed E-state index contributed by atoms with van der Waals surface area (Å²) in [5.74, 6) is 1.48. The van der Waals surface area contributed by atoms with E-state index < -0.39 is 10.0 Å². The number of nitrogens with zero attached hydrogens (tertiary/aromatic N) is 3. The van der Waals surface area contributed by atoms with Crippen molar-refractivity contribution < 1.29 is 13.2 Å². The first-order valence-corrected chi connectivity index (χ1v) is 15.4. The number of pyridine rings is 1. The monoisotopic (exact) mass is 566 g/mol. The van der Waals surface area contributed by atoms with Crippen LogP contribution in [0.2, 0.25) is 0 Å². The first-order chi connectivity index (χ1) is 19.9. The summed E-state index contributed by atoms with van der Waals surface area (Å²) in [4.78, 5) is 13.7. The maximum absolute atomic E-state index is 12.4. The maximum Gasteiger partial charge on any atom is 0.229 e. The summed E-state index contributed by atoms with van der Waals surface area (Å²) in [6.07, 6.45) is 6.71. The lowest BCUT2D eigenvalue weighted by Crippen LogP contribution is -2.38. The SMILES string of the molecule is CS(=O)(=O)Nc1c(-c2ccccc2)ccc2c(Oc3ncccc3-c3ccnc(N[C@H]4CCCNC4)n3)cccc12. The van der Waals surface area contributed by atoms with E-state index in [0.29, 0.717) is 39.9 Å². The van der Waals surface area contributed by atoms with Gasteiger partial charge in [-0.2, -0.15) is 0 Å². The van der Waals surface area contributed by atoms with Crippen LogP contribution in [0.15, 0.2) is 91.3 Å². The number of aromatic nitrogens is 3. The van der Waals surface area contributed by atoms with Crippen molar-refractivity contribution in [3.63, 3.8) is 0 Å². The molecule has 1 saturated heterocycles. The first-order valence-electron chi connectivity index (χ1n) is 13.5. The maximum atomic E-state index is 12.4. The van der Waals surface area contributed by atoms with E-state index in [9.17, 15) is 8.42 Å². The van der Waals surface area contributed by atoms with Crippen molar-refractivity contribution in [3.8, 4) is 34.0 Å². The van der Waals surface area contributed by atoms with Crippen LogP contribution in [-0.4, -0.2) is 48.8 Å². The molecular formula is C31H30N6O3S. The average molecular weight is 567 g/mol. The summed E-state index contributed by atoms with van der Waals surface area (Å²) in [6.45, 7) is 1.90. The minimum Gasteiger partial charge on any atom is -0.438 e. The van der Waals surface area contributed by atoms with Crippen LogP contribution in [0.3, 0.4) is 0 Å². The number of sulfonamides is 1. The first kappa shape index (κ1) is 26.7. The van der Waals surface area contributed by atoms with Gasteiger partial charge in [-0.25, -0.2) is 23.4 Å². The predicted molar refractivity (Wildman–Crippen MR) is 163 cm³/mol. The number of anilines is 2. The van der Waals surface area contributed by atoms with Crippen molar-refractivity contribution in [2.45, 2.75) is 18.9 Å². The van der Waals surface area contributed by atoms with Crippen molar-refractivity contribution in [1.29, 1.82) is 0 Å². The molecule has 3 N–H and O–H groups in total. The zero-order valence-electron chi connectivity index (χ0n) is 22.5. The van der Waals surface area contributed by atoms with Gasteiger partial charge in [0.2, 0.25) is 21.9 Å². The highest BCUT2D eigenvalue weighted by atomic mass is 32.2. The number of fused-ring (bicyclic) bond motifs is 1. The van der Waals surface area contributed by atoms with Crippen LogP contribution in [0.25, 0.3) is 33.2 Å². The molecule has 0 spiro atoms. The molecule has 10 heteroatoms. The molecule has 0 bridgehead atoms. The summed E-state index contributed by atoms with van der Waals surface area (Å²) in [5, 5.41) is 8.27. The van der Waals surface area contributed by atoms with E-state index in [0.717, 1.165) is 48.7 Å². The topological polar surface area (TPSA) is 118 Å². The number of piperidine rings is 1. The van der Waals surface area contributed by atoms with Crippen LogP contribution >= 0.6 is 0 Å². The molecule has 1 fully saturated rings. The molecule has 5 aromatic rings. The van der Waals surface area contributed by atoms with Crippen LogP contribution in [0, 0.1) is 0 Å². The fraction of sp³-hybridized carbons (Fsp3) is 0.194. The highest BCUT2D eigenvalue weighted by Gasteiger charge is 2.18. The summed E-state index contributed by atoms with van der Waals surface area (Å²) in [5.41, 5.74) is 3.56. The zero-order chi connectivity index (χ0) is 28.2. The van der Waals surface area contributed by atoms with E-state index >= 15 is 0 Å². The number of nitrogens with one attached hydrogen (secondary N) is 3. The van der Waals surface area contributed by atoms with Crippen molar-refractivity contribution in [2.24, 2.45) is 0 Å². The van der Waals surface area contributed by atoms with Gasteiger partial charge in [0.05, 0.1) is 23.2 Å². The van der Waals surface area contributed by atoms with E-state index in [-0.39, 0.29) is 6.04 Å². The molecule has 3 heterocycles. The van der Waals surface area contributed by atoms with Crippen molar-refractivity contribution in [2.75, 3.05) is 29.4 Å². The Hall–Kier alpha value is -4.54. The van der Waals surface area contributed by atoms with Gasteiger partial charge in [-0.15, -0.1) is 0 Å². The molecule has 3 aromatic carbocycles. The van der Waals surface area contributed by atoms with E-state index in [4.69, 9.17) is 9.72 Å². The molecule has 6 rings (SSSR count). The van der Waals surface area contributed by atoms with E-state index in [1.807, 2.05) is 78.9 Å². The molecule has 208 valence electrons. The third kappa shape index (κ3) is 6.13. The molecule has 0 saturated carbocycles. The van der Waals surface area contributed by atoms with E-state index in [1.165, 1.54) is 0 Å². The molecule has 1 aliphatic heterocycles. The van der Waals surface area contributed by atoms with Gasteiger partial charge in [0.15, 0.2) is 0 Å². The highest BCUT2D eigenvalue weighted by molar-refractivity contribution is 7.92. The number of rotatable bonds is 8. The molecule has 2 aromatic heterocycles. The van der Waals surface area contributed by atoms with Crippen LogP contribution < -0.4 is 20.1 Å². The minimum atomic E-state index is -3.56. The van der Waals surface area contributed by atoms with E-state index in [1.54, 1.807) is 12.4 Å². The summed E-state index contributed by atoms with van der Waals surface area (Å²) >= 11 is 0. The lowest BCUT2D eigenvalue weighted by molar-refractivity contribution is 0.470. The quantitative estimate of drug-likeness (QED) is 0.219. The lowest BCUT2D eigenvalue weighted by atomic mass is 9.98. The van der Waals surface area contributed by atoms with Crippen LogP contribution in [-0.2, 0) is 10.0 Å². The second-order valence-electron chi connectivity index (χ2n) is 9.99. The Kier molecular flexibility index (Phi) is 7.49. The molecular weight excluding hydrogens is 536 g/mol. The Balaban J connectivity index is 1.38. The largest absolute Gasteiger partial charge is 0.438 e. The zero-order valence-corrected chi connectivity index (χ0v) is 23.4. The van der Waals surface area contributed by atoms with Gasteiger partial charge in [-0.1, -0.05) is 48.5 Å². The Labute approximate surface area is 239 Å². The molecule has 0 radical (unpaired) electrons. The number of ether oxygens (including phenoxy) is 1. The van der Waals surface area contributed by atoms with Crippen LogP contribution in [0.4, 0.5) is 11.6 Å². The van der Waals surface area contributed by atoms with Crippen LogP contribution in [0.5, 0.6) is 11.6 Å². The van der Waals surface area contributed by atoms with Crippen LogP contribution in [0.1, 0.15) is 12.8 Å². The summed E-state index contributed by atoms with van der Waals surface area (Å²) in [6, 6.07) is 24.9. The van der Waals surface area contributed by atoms with Gasteiger partial charge < -0.3 is 15.4 Å². The van der Waals surface area contributed by atoms with Crippen molar-refractivity contribution in [1.82, 2.24) is 20.3 Å². The van der Waals surface area contributed by atoms with Gasteiger partial charge in [0.1, 0.15) is 5.75 Å². The fourth-order valence-corrected chi connectivity index (χ4v) is 5.67. The second kappa shape index (κ2) is 11.5. The third-order valence-corrected chi connectivity index (χ3v) is 7.51. The second-order valence-corrected chi connectivity index (χ2v) is 11.7. The molecule has 0 unspecified atom stereocenters. The van der Waals surface area contributed by atoms with Gasteiger partial charge in [-0.05, 0) is 55.3 Å². The summed E-state index contributed by atoms with van der Waals surface area (Å²) < 4.78 is 33.9. The van der Waals surface area contributed by atoms with Crippen molar-refractivity contribution >= 4 is 32.4 Å². The average Bonchev–Trinajstić information content (AvgIpc) is 2.98. The lowest BCUT2D eigenvalue weighted by Gasteiger charge is -2.23. The normalized spacial score (nSPS) is 15.4. The summed E-state index contributed by atoms with van der Waals surface area (Å²) in [7, 11) is -3.56. The smallest absolute Gasteiger partial charge is 0.229 e. The fourth-order valence-electron chi connectivity index (χ4n) is 5.08. The Morgan fingerprint density at radius 2 is 1.76 bits per heavy atom. The standard InChI is InChI=1S/C31H30N6O3S/c1-41(38,39)37-29-23(21-8-3-2-4-9-21)14-15-24-25(29)11-5-13-28(24)40-30-26(12-7-18-33-30)27-16-19-34-31(36-27)35-22-10-6-17-32-20-22/h2-5,7-9,11-16,18-19,22,32,37H,6,10,17,20H2,1H3,(H,34,35,36)/t22-/m0/s1.